The summed E-state index contributed by atoms with van der Waals surface area (Å²) in [4.78, 5) is 22.7. The molecule has 3 aromatic rings. The Morgan fingerprint density at radius 2 is 2.21 bits per heavy atom. The molecule has 1 atom stereocenters. The van der Waals surface area contributed by atoms with Gasteiger partial charge in [-0.3, -0.25) is 10.1 Å². The van der Waals surface area contributed by atoms with Gasteiger partial charge in [-0.25, -0.2) is 4.98 Å². The SMILES string of the molecule is O=[N+]([O-])c1cccc(-c2csc3nc(Cl)nc(N4CCCCC4CCO)c23)c1. The second-order valence-electron chi connectivity index (χ2n) is 6.81. The Labute approximate surface area is 170 Å². The van der Waals surface area contributed by atoms with Crippen molar-refractivity contribution in [3.05, 3.63) is 45.0 Å². The van der Waals surface area contributed by atoms with E-state index in [0.29, 0.717) is 6.42 Å². The zero-order chi connectivity index (χ0) is 19.7. The van der Waals surface area contributed by atoms with E-state index in [1.54, 1.807) is 12.1 Å². The molecule has 1 saturated heterocycles. The van der Waals surface area contributed by atoms with Crippen LogP contribution in [0, 0.1) is 10.1 Å². The van der Waals surface area contributed by atoms with E-state index in [9.17, 15) is 15.2 Å². The largest absolute Gasteiger partial charge is 0.396 e. The van der Waals surface area contributed by atoms with Crippen LogP contribution in [0.3, 0.4) is 0 Å². The minimum atomic E-state index is -0.395. The third-order valence-electron chi connectivity index (χ3n) is 5.12. The Balaban J connectivity index is 1.89. The molecule has 0 aliphatic carbocycles. The maximum absolute atomic E-state index is 11.2. The van der Waals surface area contributed by atoms with Crippen molar-refractivity contribution in [3.63, 3.8) is 0 Å². The highest BCUT2D eigenvalue weighted by Crippen LogP contribution is 2.41. The first kappa shape index (κ1) is 19.0. The lowest BCUT2D eigenvalue weighted by molar-refractivity contribution is -0.384. The third kappa shape index (κ3) is 3.55. The molecule has 0 radical (unpaired) electrons. The summed E-state index contributed by atoms with van der Waals surface area (Å²) < 4.78 is 0. The summed E-state index contributed by atoms with van der Waals surface area (Å²) in [5.74, 6) is 0.746. The zero-order valence-corrected chi connectivity index (χ0v) is 16.6. The molecule has 7 nitrogen and oxygen atoms in total. The van der Waals surface area contributed by atoms with Gasteiger partial charge >= 0.3 is 0 Å². The summed E-state index contributed by atoms with van der Waals surface area (Å²) in [6, 6.07) is 6.78. The molecule has 9 heteroatoms. The maximum Gasteiger partial charge on any atom is 0.270 e. The number of thiophene rings is 1. The van der Waals surface area contributed by atoms with Crippen molar-refractivity contribution in [3.8, 4) is 11.1 Å². The molecule has 0 spiro atoms. The van der Waals surface area contributed by atoms with E-state index in [1.165, 1.54) is 17.4 Å². The average Bonchev–Trinajstić information content (AvgIpc) is 3.12. The van der Waals surface area contributed by atoms with E-state index in [0.717, 1.165) is 53.0 Å². The maximum atomic E-state index is 11.2. The molecular formula is C19H19ClN4O3S. The Bertz CT molecular complexity index is 1020. The number of benzene rings is 1. The number of anilines is 1. The standard InChI is InChI=1S/C19H19ClN4O3S/c20-19-21-17(23-8-2-1-5-13(23)7-9-25)16-15(11-28-18(16)22-19)12-4-3-6-14(10-12)24(26)27/h3-4,6,10-11,13,25H,1-2,5,7-9H2. The lowest BCUT2D eigenvalue weighted by atomic mass is 9.98. The highest BCUT2D eigenvalue weighted by Gasteiger charge is 2.27. The molecule has 2 aromatic heterocycles. The minimum Gasteiger partial charge on any atom is -0.396 e. The van der Waals surface area contributed by atoms with Crippen LogP contribution >= 0.6 is 22.9 Å². The smallest absolute Gasteiger partial charge is 0.270 e. The van der Waals surface area contributed by atoms with E-state index in [4.69, 9.17) is 11.6 Å². The average molecular weight is 419 g/mol. The fourth-order valence-corrected chi connectivity index (χ4v) is 4.99. The summed E-state index contributed by atoms with van der Waals surface area (Å²) in [7, 11) is 0. The van der Waals surface area contributed by atoms with Crippen LogP contribution in [0.2, 0.25) is 5.28 Å². The highest BCUT2D eigenvalue weighted by molar-refractivity contribution is 7.17. The van der Waals surface area contributed by atoms with E-state index in [1.807, 2.05) is 11.4 Å². The number of nitrogens with zero attached hydrogens (tertiary/aromatic N) is 4. The fraction of sp³-hybridized carbons (Fsp3) is 0.368. The Morgan fingerprint density at radius 1 is 1.36 bits per heavy atom. The normalized spacial score (nSPS) is 17.2. The number of hydrogen-bond acceptors (Lipinski definition) is 7. The van der Waals surface area contributed by atoms with Gasteiger partial charge in [0.15, 0.2) is 0 Å². The number of halogens is 1. The van der Waals surface area contributed by atoms with Crippen LogP contribution < -0.4 is 4.90 Å². The summed E-state index contributed by atoms with van der Waals surface area (Å²) in [6.07, 6.45) is 3.81. The van der Waals surface area contributed by atoms with Crippen LogP contribution in [0.25, 0.3) is 21.3 Å². The zero-order valence-electron chi connectivity index (χ0n) is 15.0. The van der Waals surface area contributed by atoms with Gasteiger partial charge in [0.25, 0.3) is 5.69 Å². The van der Waals surface area contributed by atoms with Crippen LogP contribution in [0.4, 0.5) is 11.5 Å². The second-order valence-corrected chi connectivity index (χ2v) is 8.00. The first-order valence-corrected chi connectivity index (χ1v) is 10.4. The number of aliphatic hydroxyl groups excluding tert-OH is 1. The molecule has 1 N–H and O–H groups in total. The number of nitro groups is 1. The van der Waals surface area contributed by atoms with Crippen LogP contribution in [0.1, 0.15) is 25.7 Å². The van der Waals surface area contributed by atoms with Crippen LogP contribution in [-0.4, -0.2) is 39.2 Å². The second kappa shape index (κ2) is 7.98. The van der Waals surface area contributed by atoms with Crippen molar-refractivity contribution in [2.45, 2.75) is 31.7 Å². The topological polar surface area (TPSA) is 92.4 Å². The van der Waals surface area contributed by atoms with E-state index in [-0.39, 0.29) is 23.6 Å². The van der Waals surface area contributed by atoms with Gasteiger partial charge in [0.1, 0.15) is 10.6 Å². The van der Waals surface area contributed by atoms with Crippen molar-refractivity contribution in [2.75, 3.05) is 18.1 Å². The number of fused-ring (bicyclic) bond motifs is 1. The van der Waals surface area contributed by atoms with Gasteiger partial charge in [-0.05, 0) is 42.8 Å². The number of rotatable bonds is 5. The number of piperidine rings is 1. The number of non-ortho nitro benzene ring substituents is 1. The minimum absolute atomic E-state index is 0.0458. The molecule has 1 unspecified atom stereocenters. The summed E-state index contributed by atoms with van der Waals surface area (Å²) in [5.41, 5.74) is 1.66. The molecule has 1 aliphatic rings. The van der Waals surface area contributed by atoms with Crippen LogP contribution in [-0.2, 0) is 0 Å². The third-order valence-corrected chi connectivity index (χ3v) is 6.16. The van der Waals surface area contributed by atoms with E-state index in [2.05, 4.69) is 14.9 Å². The van der Waals surface area contributed by atoms with Crippen LogP contribution in [0.5, 0.6) is 0 Å². The highest BCUT2D eigenvalue weighted by atomic mass is 35.5. The van der Waals surface area contributed by atoms with E-state index >= 15 is 0 Å². The Morgan fingerprint density at radius 3 is 3.00 bits per heavy atom. The first-order chi connectivity index (χ1) is 13.6. The number of aliphatic hydroxyl groups is 1. The number of hydrogen-bond donors (Lipinski definition) is 1. The first-order valence-electron chi connectivity index (χ1n) is 9.15. The predicted molar refractivity (Wildman–Crippen MR) is 111 cm³/mol. The summed E-state index contributed by atoms with van der Waals surface area (Å²) in [6.45, 7) is 0.946. The van der Waals surface area contributed by atoms with Crippen molar-refractivity contribution < 1.29 is 10.0 Å². The van der Waals surface area contributed by atoms with Gasteiger partial charge in [-0.1, -0.05) is 12.1 Å². The van der Waals surface area contributed by atoms with Crippen molar-refractivity contribution in [1.82, 2.24) is 9.97 Å². The van der Waals surface area contributed by atoms with Gasteiger partial charge in [0.2, 0.25) is 5.28 Å². The van der Waals surface area contributed by atoms with Crippen molar-refractivity contribution >= 4 is 44.7 Å². The summed E-state index contributed by atoms with van der Waals surface area (Å²) >= 11 is 7.66. The molecule has 0 bridgehead atoms. The molecule has 0 amide bonds. The van der Waals surface area contributed by atoms with Crippen LogP contribution in [0.15, 0.2) is 29.6 Å². The molecule has 0 saturated carbocycles. The van der Waals surface area contributed by atoms with Gasteiger partial charge in [0.05, 0.1) is 10.3 Å². The monoisotopic (exact) mass is 418 g/mol. The van der Waals surface area contributed by atoms with Gasteiger partial charge < -0.3 is 10.0 Å². The molecule has 1 aliphatic heterocycles. The number of nitro benzene ring substituents is 1. The van der Waals surface area contributed by atoms with Crippen molar-refractivity contribution in [2.24, 2.45) is 0 Å². The molecule has 3 heterocycles. The molecule has 4 rings (SSSR count). The molecule has 1 aromatic carbocycles. The summed E-state index contributed by atoms with van der Waals surface area (Å²) in [5, 5.41) is 23.7. The Hall–Kier alpha value is -2.29. The quantitative estimate of drug-likeness (QED) is 0.368. The van der Waals surface area contributed by atoms with Gasteiger partial charge in [-0.15, -0.1) is 11.3 Å². The van der Waals surface area contributed by atoms with E-state index < -0.39 is 4.92 Å². The lowest BCUT2D eigenvalue weighted by Crippen LogP contribution is -2.40. The van der Waals surface area contributed by atoms with Gasteiger partial charge in [-0.2, -0.15) is 4.98 Å². The van der Waals surface area contributed by atoms with Crippen molar-refractivity contribution in [1.29, 1.82) is 0 Å². The molecule has 146 valence electrons. The molecular weight excluding hydrogens is 400 g/mol. The lowest BCUT2D eigenvalue weighted by Gasteiger charge is -2.37. The predicted octanol–water partition coefficient (Wildman–Crippen LogP) is 4.66. The Kier molecular flexibility index (Phi) is 5.43. The molecule has 1 fully saturated rings. The van der Waals surface area contributed by atoms with Gasteiger partial charge in [0, 0.05) is 42.3 Å². The number of aromatic nitrogens is 2. The molecule has 28 heavy (non-hydrogen) atoms. The fourth-order valence-electron chi connectivity index (χ4n) is 3.83.